The van der Waals surface area contributed by atoms with Crippen LogP contribution in [0.5, 0.6) is 0 Å². The van der Waals surface area contributed by atoms with E-state index in [0.717, 1.165) is 40.3 Å². The number of aromatic amines is 2. The van der Waals surface area contributed by atoms with Crippen LogP contribution in [0.1, 0.15) is 30.7 Å². The minimum atomic E-state index is 0.491. The number of nitrogens with two attached hydrogens (primary N) is 1. The maximum Gasteiger partial charge on any atom is 0.160 e. The Morgan fingerprint density at radius 3 is 2.74 bits per heavy atom. The number of imidazole rings is 1. The highest BCUT2D eigenvalue weighted by atomic mass is 15.1. The first-order chi connectivity index (χ1) is 13.2. The molecule has 1 fully saturated rings. The van der Waals surface area contributed by atoms with Gasteiger partial charge in [0.1, 0.15) is 17.2 Å². The van der Waals surface area contributed by atoms with Gasteiger partial charge < -0.3 is 15.7 Å². The number of rotatable bonds is 3. The van der Waals surface area contributed by atoms with E-state index in [1.807, 2.05) is 13.0 Å². The molecule has 3 aromatic heterocycles. The molecule has 1 aliphatic heterocycles. The molecule has 0 spiro atoms. The number of aromatic nitrogens is 4. The third-order valence-corrected chi connectivity index (χ3v) is 5.42. The quantitative estimate of drug-likeness (QED) is 0.516. The Labute approximate surface area is 157 Å². The number of benzene rings is 1. The minimum Gasteiger partial charge on any atom is -0.384 e. The Kier molecular flexibility index (Phi) is 3.86. The molecule has 4 N–H and O–H groups in total. The smallest absolute Gasteiger partial charge is 0.160 e. The molecule has 0 bridgehead atoms. The van der Waals surface area contributed by atoms with E-state index in [1.54, 1.807) is 0 Å². The third kappa shape index (κ3) is 3.06. The Balaban J connectivity index is 1.53. The molecule has 0 unspecified atom stereocenters. The molecule has 1 saturated heterocycles. The summed E-state index contributed by atoms with van der Waals surface area (Å²) >= 11 is 0. The molecule has 4 aromatic rings. The first-order valence-electron chi connectivity index (χ1n) is 9.63. The van der Waals surface area contributed by atoms with Crippen molar-refractivity contribution in [1.29, 1.82) is 0 Å². The number of H-pyrrole nitrogens is 2. The van der Waals surface area contributed by atoms with E-state index < -0.39 is 0 Å². The number of likely N-dealkylation sites (tertiary alicyclic amines) is 1. The van der Waals surface area contributed by atoms with Crippen molar-refractivity contribution in [3.63, 3.8) is 0 Å². The lowest BCUT2D eigenvalue weighted by atomic mass is 10.1. The molecule has 0 saturated carbocycles. The summed E-state index contributed by atoms with van der Waals surface area (Å²) in [6.07, 6.45) is 4.01. The largest absolute Gasteiger partial charge is 0.384 e. The second-order valence-electron chi connectivity index (χ2n) is 7.56. The number of hydrogen-bond donors (Lipinski definition) is 3. The molecular formula is C21H24N6. The van der Waals surface area contributed by atoms with E-state index in [2.05, 4.69) is 49.1 Å². The van der Waals surface area contributed by atoms with Gasteiger partial charge in [-0.15, -0.1) is 0 Å². The fraction of sp³-hybridized carbons (Fsp3) is 0.333. The van der Waals surface area contributed by atoms with E-state index >= 15 is 0 Å². The van der Waals surface area contributed by atoms with Crippen molar-refractivity contribution < 1.29 is 0 Å². The molecule has 0 amide bonds. The van der Waals surface area contributed by atoms with Crippen LogP contribution in [0.25, 0.3) is 33.3 Å². The van der Waals surface area contributed by atoms with Crippen LogP contribution in [0.3, 0.4) is 0 Å². The van der Waals surface area contributed by atoms with E-state index in [0.29, 0.717) is 5.82 Å². The molecule has 0 atom stereocenters. The van der Waals surface area contributed by atoms with E-state index in [1.165, 1.54) is 43.3 Å². The fourth-order valence-electron chi connectivity index (χ4n) is 4.13. The summed E-state index contributed by atoms with van der Waals surface area (Å²) in [6.45, 7) is 5.38. The van der Waals surface area contributed by atoms with Gasteiger partial charge in [0.15, 0.2) is 5.65 Å². The van der Waals surface area contributed by atoms with Gasteiger partial charge in [-0.3, -0.25) is 4.90 Å². The van der Waals surface area contributed by atoms with Crippen molar-refractivity contribution in [1.82, 2.24) is 24.8 Å². The van der Waals surface area contributed by atoms with Gasteiger partial charge in [-0.05, 0) is 62.7 Å². The van der Waals surface area contributed by atoms with Crippen molar-refractivity contribution >= 4 is 27.9 Å². The molecule has 6 heteroatoms. The van der Waals surface area contributed by atoms with Crippen LogP contribution in [-0.4, -0.2) is 37.9 Å². The van der Waals surface area contributed by atoms with Crippen LogP contribution in [-0.2, 0) is 6.54 Å². The highest BCUT2D eigenvalue weighted by molar-refractivity contribution is 5.95. The highest BCUT2D eigenvalue weighted by Gasteiger charge is 2.14. The molecule has 0 radical (unpaired) electrons. The number of nitrogens with one attached hydrogen (secondary N) is 2. The number of hydrogen-bond acceptors (Lipinski definition) is 4. The summed E-state index contributed by atoms with van der Waals surface area (Å²) in [5.74, 6) is 1.33. The van der Waals surface area contributed by atoms with Gasteiger partial charge in [0.25, 0.3) is 0 Å². The van der Waals surface area contributed by atoms with E-state index in [4.69, 9.17) is 5.73 Å². The van der Waals surface area contributed by atoms with Gasteiger partial charge in [0.05, 0.1) is 0 Å². The number of pyridine rings is 1. The third-order valence-electron chi connectivity index (χ3n) is 5.42. The molecule has 27 heavy (non-hydrogen) atoms. The van der Waals surface area contributed by atoms with Gasteiger partial charge in [-0.2, -0.15) is 0 Å². The second-order valence-corrected chi connectivity index (χ2v) is 7.56. The van der Waals surface area contributed by atoms with Crippen LogP contribution in [0.15, 0.2) is 30.3 Å². The zero-order valence-electron chi connectivity index (χ0n) is 15.5. The highest BCUT2D eigenvalue weighted by Crippen LogP contribution is 2.31. The SMILES string of the molecule is Cc1nc2c(-c3cc4cc(CN5CCCCC5)ccc4[nH]3)cc(N)nc2[nH]1. The summed E-state index contributed by atoms with van der Waals surface area (Å²) in [6, 6.07) is 10.8. The lowest BCUT2D eigenvalue weighted by molar-refractivity contribution is 0.221. The Morgan fingerprint density at radius 2 is 1.89 bits per heavy atom. The Morgan fingerprint density at radius 1 is 1.04 bits per heavy atom. The van der Waals surface area contributed by atoms with Crippen LogP contribution < -0.4 is 5.73 Å². The van der Waals surface area contributed by atoms with Crippen molar-refractivity contribution in [2.45, 2.75) is 32.7 Å². The summed E-state index contributed by atoms with van der Waals surface area (Å²) in [5.41, 5.74) is 12.1. The zero-order chi connectivity index (χ0) is 18.4. The van der Waals surface area contributed by atoms with E-state index in [-0.39, 0.29) is 0 Å². The van der Waals surface area contributed by atoms with Crippen molar-refractivity contribution in [3.05, 3.63) is 41.7 Å². The fourth-order valence-corrected chi connectivity index (χ4v) is 4.13. The molecule has 5 rings (SSSR count). The number of piperidine rings is 1. The molecular weight excluding hydrogens is 336 g/mol. The summed E-state index contributed by atoms with van der Waals surface area (Å²) < 4.78 is 0. The topological polar surface area (TPSA) is 86.6 Å². The van der Waals surface area contributed by atoms with Crippen LogP contribution in [0, 0.1) is 6.92 Å². The van der Waals surface area contributed by atoms with Gasteiger partial charge in [0.2, 0.25) is 0 Å². The maximum absolute atomic E-state index is 6.02. The Bertz CT molecular complexity index is 1120. The van der Waals surface area contributed by atoms with Gasteiger partial charge in [0, 0.05) is 28.7 Å². The summed E-state index contributed by atoms with van der Waals surface area (Å²) in [5, 5.41) is 1.22. The number of anilines is 1. The predicted octanol–water partition coefficient (Wildman–Crippen LogP) is 3.98. The standard InChI is InChI=1S/C21H24N6/c1-13-23-20-16(11-19(22)26-21(20)24-13)18-10-15-9-14(5-6-17(15)25-18)12-27-7-3-2-4-8-27/h5-6,9-11,25H,2-4,7-8,12H2,1H3,(H3,22,23,24,26). The molecule has 4 heterocycles. The van der Waals surface area contributed by atoms with Crippen molar-refractivity contribution in [2.24, 2.45) is 0 Å². The Hall–Kier alpha value is -2.86. The number of fused-ring (bicyclic) bond motifs is 2. The predicted molar refractivity (Wildman–Crippen MR) is 109 cm³/mol. The van der Waals surface area contributed by atoms with Crippen molar-refractivity contribution in [2.75, 3.05) is 18.8 Å². The lowest BCUT2D eigenvalue weighted by Crippen LogP contribution is -2.28. The summed E-state index contributed by atoms with van der Waals surface area (Å²) in [7, 11) is 0. The monoisotopic (exact) mass is 360 g/mol. The first-order valence-corrected chi connectivity index (χ1v) is 9.63. The zero-order valence-corrected chi connectivity index (χ0v) is 15.5. The van der Waals surface area contributed by atoms with E-state index in [9.17, 15) is 0 Å². The number of aryl methyl sites for hydroxylation is 1. The van der Waals surface area contributed by atoms with Gasteiger partial charge in [-0.1, -0.05) is 12.5 Å². The molecule has 6 nitrogen and oxygen atoms in total. The van der Waals surface area contributed by atoms with Crippen LogP contribution in [0.2, 0.25) is 0 Å². The summed E-state index contributed by atoms with van der Waals surface area (Å²) in [4.78, 5) is 18.2. The number of nitrogens with zero attached hydrogens (tertiary/aromatic N) is 3. The first kappa shape index (κ1) is 16.3. The molecule has 1 aliphatic rings. The second kappa shape index (κ2) is 6.39. The number of nitrogen functional groups attached to an aromatic ring is 1. The molecule has 0 aliphatic carbocycles. The van der Waals surface area contributed by atoms with Crippen LogP contribution in [0.4, 0.5) is 5.82 Å². The van der Waals surface area contributed by atoms with Crippen molar-refractivity contribution in [3.8, 4) is 11.3 Å². The minimum absolute atomic E-state index is 0.491. The van der Waals surface area contributed by atoms with Gasteiger partial charge in [-0.25, -0.2) is 9.97 Å². The average molecular weight is 360 g/mol. The van der Waals surface area contributed by atoms with Gasteiger partial charge >= 0.3 is 0 Å². The molecule has 1 aromatic carbocycles. The average Bonchev–Trinajstić information content (AvgIpc) is 3.24. The van der Waals surface area contributed by atoms with Crippen LogP contribution >= 0.6 is 0 Å². The normalized spacial score (nSPS) is 15.7. The molecule has 138 valence electrons. The maximum atomic E-state index is 6.02. The lowest BCUT2D eigenvalue weighted by Gasteiger charge is -2.26.